The first kappa shape index (κ1) is 17.8. The molecule has 0 aromatic heterocycles. The molecule has 1 aromatic carbocycles. The molecule has 1 saturated heterocycles. The van der Waals surface area contributed by atoms with Crippen molar-refractivity contribution in [3.63, 3.8) is 0 Å². The lowest BCUT2D eigenvalue weighted by atomic mass is 10.1. The van der Waals surface area contributed by atoms with E-state index < -0.39 is 14.9 Å². The van der Waals surface area contributed by atoms with E-state index >= 15 is 0 Å². The van der Waals surface area contributed by atoms with Gasteiger partial charge >= 0.3 is 0 Å². The van der Waals surface area contributed by atoms with Crippen LogP contribution in [0.5, 0.6) is 0 Å². The molecule has 118 valence electrons. The molecule has 2 N–H and O–H groups in total. The highest BCUT2D eigenvalue weighted by atomic mass is 35.5. The minimum Gasteiger partial charge on any atom is -0.315 e. The van der Waals surface area contributed by atoms with Gasteiger partial charge in [0.25, 0.3) is 5.69 Å². The molecule has 7 nitrogen and oxygen atoms in total. The van der Waals surface area contributed by atoms with Crippen LogP contribution in [0.15, 0.2) is 23.1 Å². The summed E-state index contributed by atoms with van der Waals surface area (Å²) in [6.07, 6.45) is 1.67. The van der Waals surface area contributed by atoms with Gasteiger partial charge in [0.15, 0.2) is 0 Å². The van der Waals surface area contributed by atoms with Gasteiger partial charge < -0.3 is 5.32 Å². The van der Waals surface area contributed by atoms with E-state index in [-0.39, 0.29) is 29.0 Å². The van der Waals surface area contributed by atoms with E-state index in [1.165, 1.54) is 12.1 Å². The average molecular weight is 336 g/mol. The molecule has 1 aliphatic rings. The van der Waals surface area contributed by atoms with Crippen molar-refractivity contribution in [1.82, 2.24) is 10.0 Å². The molecular formula is C12H18ClN3O4S. The van der Waals surface area contributed by atoms with Crippen molar-refractivity contribution in [1.29, 1.82) is 0 Å². The van der Waals surface area contributed by atoms with Crippen LogP contribution in [0.3, 0.4) is 0 Å². The third-order valence-corrected chi connectivity index (χ3v) is 4.82. The number of nitrogens with zero attached hydrogens (tertiary/aromatic N) is 1. The summed E-state index contributed by atoms with van der Waals surface area (Å²) in [5.41, 5.74) is 0.253. The fourth-order valence-corrected chi connectivity index (χ4v) is 3.48. The molecule has 0 bridgehead atoms. The highest BCUT2D eigenvalue weighted by Gasteiger charge is 2.24. The molecule has 0 spiro atoms. The molecular weight excluding hydrogens is 318 g/mol. The standard InChI is InChI=1S/C12H17N3O4S.ClH/c1-9-4-5-11(7-12(9)15(16)17)20(18,19)14-10-3-2-6-13-8-10;/h4-5,7,10,13-14H,2-3,6,8H2,1H3;1H/t10-;/m1./s1. The van der Waals surface area contributed by atoms with Gasteiger partial charge in [-0.3, -0.25) is 10.1 Å². The lowest BCUT2D eigenvalue weighted by Crippen LogP contribution is -2.45. The molecule has 1 fully saturated rings. The van der Waals surface area contributed by atoms with Crippen LogP contribution in [0.2, 0.25) is 0 Å². The second-order valence-electron chi connectivity index (χ2n) is 4.87. The smallest absolute Gasteiger partial charge is 0.273 e. The molecule has 2 rings (SSSR count). The largest absolute Gasteiger partial charge is 0.315 e. The molecule has 9 heteroatoms. The normalized spacial score (nSPS) is 18.8. The zero-order valence-corrected chi connectivity index (χ0v) is 13.2. The third kappa shape index (κ3) is 4.37. The van der Waals surface area contributed by atoms with Gasteiger partial charge in [-0.05, 0) is 32.4 Å². The first-order valence-electron chi connectivity index (χ1n) is 6.38. The molecule has 0 amide bonds. The van der Waals surface area contributed by atoms with E-state index in [4.69, 9.17) is 0 Å². The van der Waals surface area contributed by atoms with Gasteiger partial charge in [0, 0.05) is 24.2 Å². The van der Waals surface area contributed by atoms with E-state index in [1.54, 1.807) is 6.92 Å². The van der Waals surface area contributed by atoms with E-state index in [9.17, 15) is 18.5 Å². The zero-order valence-electron chi connectivity index (χ0n) is 11.5. The van der Waals surface area contributed by atoms with Crippen LogP contribution in [0.1, 0.15) is 18.4 Å². The number of halogens is 1. The fraction of sp³-hybridized carbons (Fsp3) is 0.500. The molecule has 0 aliphatic carbocycles. The Morgan fingerprint density at radius 1 is 1.43 bits per heavy atom. The Bertz CT molecular complexity index is 615. The van der Waals surface area contributed by atoms with Crippen LogP contribution in [0, 0.1) is 17.0 Å². The second kappa shape index (κ2) is 7.17. The number of hydrogen-bond acceptors (Lipinski definition) is 5. The van der Waals surface area contributed by atoms with Crippen molar-refractivity contribution in [2.75, 3.05) is 13.1 Å². The Morgan fingerprint density at radius 3 is 2.71 bits per heavy atom. The molecule has 1 heterocycles. The first-order chi connectivity index (χ1) is 9.40. The van der Waals surface area contributed by atoms with Gasteiger partial charge in [-0.2, -0.15) is 0 Å². The summed E-state index contributed by atoms with van der Waals surface area (Å²) in [5.74, 6) is 0. The molecule has 0 radical (unpaired) electrons. The van der Waals surface area contributed by atoms with Crippen LogP contribution < -0.4 is 10.0 Å². The van der Waals surface area contributed by atoms with Gasteiger partial charge in [0.05, 0.1) is 9.82 Å². The Balaban J connectivity index is 0.00000220. The summed E-state index contributed by atoms with van der Waals surface area (Å²) in [4.78, 5) is 10.2. The SMILES string of the molecule is Cc1ccc(S(=O)(=O)N[C@@H]2CCCNC2)cc1[N+](=O)[O-].Cl. The average Bonchev–Trinajstić information content (AvgIpc) is 2.39. The minimum atomic E-state index is -3.73. The highest BCUT2D eigenvalue weighted by molar-refractivity contribution is 7.89. The fourth-order valence-electron chi connectivity index (χ4n) is 2.19. The number of benzene rings is 1. The summed E-state index contributed by atoms with van der Waals surface area (Å²) >= 11 is 0. The van der Waals surface area contributed by atoms with Gasteiger partial charge in [-0.15, -0.1) is 12.4 Å². The first-order valence-corrected chi connectivity index (χ1v) is 7.86. The summed E-state index contributed by atoms with van der Waals surface area (Å²) in [5, 5.41) is 14.0. The van der Waals surface area contributed by atoms with Crippen molar-refractivity contribution in [3.05, 3.63) is 33.9 Å². The number of nitro benzene ring substituents is 1. The molecule has 0 saturated carbocycles. The predicted molar refractivity (Wildman–Crippen MR) is 81.3 cm³/mol. The minimum absolute atomic E-state index is 0. The Labute approximate surface area is 129 Å². The van der Waals surface area contributed by atoms with Gasteiger partial charge in [0.2, 0.25) is 10.0 Å². The molecule has 0 unspecified atom stereocenters. The van der Waals surface area contributed by atoms with Crippen molar-refractivity contribution >= 4 is 28.1 Å². The van der Waals surface area contributed by atoms with Gasteiger partial charge in [-0.25, -0.2) is 13.1 Å². The summed E-state index contributed by atoms with van der Waals surface area (Å²) < 4.78 is 27.0. The highest BCUT2D eigenvalue weighted by Crippen LogP contribution is 2.22. The van der Waals surface area contributed by atoms with Gasteiger partial charge in [-0.1, -0.05) is 6.07 Å². The third-order valence-electron chi connectivity index (χ3n) is 3.31. The van der Waals surface area contributed by atoms with Crippen LogP contribution in [-0.4, -0.2) is 32.5 Å². The van der Waals surface area contributed by atoms with Crippen LogP contribution in [0.4, 0.5) is 5.69 Å². The Hall–Kier alpha value is -1.22. The number of nitrogens with one attached hydrogen (secondary N) is 2. The topological polar surface area (TPSA) is 101 Å². The quantitative estimate of drug-likeness (QED) is 0.639. The summed E-state index contributed by atoms with van der Waals surface area (Å²) in [7, 11) is -3.73. The summed E-state index contributed by atoms with van der Waals surface area (Å²) in [6.45, 7) is 3.04. The van der Waals surface area contributed by atoms with Crippen molar-refractivity contribution < 1.29 is 13.3 Å². The predicted octanol–water partition coefficient (Wildman–Crippen LogP) is 1.36. The maximum Gasteiger partial charge on any atom is 0.273 e. The van der Waals surface area contributed by atoms with E-state index in [2.05, 4.69) is 10.0 Å². The summed E-state index contributed by atoms with van der Waals surface area (Å²) in [6, 6.07) is 3.77. The van der Waals surface area contributed by atoms with Crippen LogP contribution in [0.25, 0.3) is 0 Å². The zero-order chi connectivity index (χ0) is 14.8. The van der Waals surface area contributed by atoms with Crippen molar-refractivity contribution in [2.45, 2.75) is 30.7 Å². The number of rotatable bonds is 4. The van der Waals surface area contributed by atoms with Crippen LogP contribution in [-0.2, 0) is 10.0 Å². The second-order valence-corrected chi connectivity index (χ2v) is 6.58. The van der Waals surface area contributed by atoms with Crippen molar-refractivity contribution in [2.24, 2.45) is 0 Å². The number of nitro groups is 1. The monoisotopic (exact) mass is 335 g/mol. The molecule has 1 aromatic rings. The Kier molecular flexibility index (Phi) is 6.09. The van der Waals surface area contributed by atoms with E-state index in [0.717, 1.165) is 25.5 Å². The maximum atomic E-state index is 12.2. The lowest BCUT2D eigenvalue weighted by molar-refractivity contribution is -0.385. The van der Waals surface area contributed by atoms with E-state index in [1.807, 2.05) is 0 Å². The van der Waals surface area contributed by atoms with Crippen LogP contribution >= 0.6 is 12.4 Å². The molecule has 21 heavy (non-hydrogen) atoms. The molecule has 1 aliphatic heterocycles. The number of hydrogen-bond donors (Lipinski definition) is 2. The number of piperidine rings is 1. The van der Waals surface area contributed by atoms with Crippen molar-refractivity contribution in [3.8, 4) is 0 Å². The van der Waals surface area contributed by atoms with Gasteiger partial charge in [0.1, 0.15) is 0 Å². The number of aryl methyl sites for hydroxylation is 1. The maximum absolute atomic E-state index is 12.2. The Morgan fingerprint density at radius 2 is 2.14 bits per heavy atom. The number of sulfonamides is 1. The van der Waals surface area contributed by atoms with E-state index in [0.29, 0.717) is 12.1 Å². The molecule has 1 atom stereocenters. The lowest BCUT2D eigenvalue weighted by Gasteiger charge is -2.23.